The van der Waals surface area contributed by atoms with E-state index in [1.54, 1.807) is 0 Å². The molecule has 1 aliphatic carbocycles. The maximum Gasteiger partial charge on any atom is 0.117 e. The lowest BCUT2D eigenvalue weighted by molar-refractivity contribution is 0.193. The fourth-order valence-electron chi connectivity index (χ4n) is 2.76. The summed E-state index contributed by atoms with van der Waals surface area (Å²) in [5, 5.41) is 0. The van der Waals surface area contributed by atoms with Gasteiger partial charge in [0.1, 0.15) is 12.2 Å². The molecule has 1 saturated carbocycles. The highest BCUT2D eigenvalue weighted by Gasteiger charge is 2.75. The molecule has 12 heavy (non-hydrogen) atoms. The third-order valence-corrected chi connectivity index (χ3v) is 3.98. The highest BCUT2D eigenvalue weighted by atomic mass is 16.7. The van der Waals surface area contributed by atoms with E-state index in [-0.39, 0.29) is 11.2 Å². The van der Waals surface area contributed by atoms with E-state index >= 15 is 0 Å². The van der Waals surface area contributed by atoms with Gasteiger partial charge in [-0.25, -0.2) is 0 Å². The Hall–Kier alpha value is -0.0800. The number of fused-ring (bicyclic) bond motifs is 3. The molecule has 2 nitrogen and oxygen atoms in total. The van der Waals surface area contributed by atoms with Crippen LogP contribution in [-0.2, 0) is 9.47 Å². The summed E-state index contributed by atoms with van der Waals surface area (Å²) in [5.41, 5.74) is 0.403. The first kappa shape index (κ1) is 7.34. The highest BCUT2D eigenvalue weighted by Crippen LogP contribution is 2.63. The lowest BCUT2D eigenvalue weighted by Gasteiger charge is -2.21. The van der Waals surface area contributed by atoms with E-state index in [0.29, 0.717) is 18.1 Å². The normalized spacial score (nSPS) is 61.0. The van der Waals surface area contributed by atoms with Gasteiger partial charge in [-0.15, -0.1) is 0 Å². The van der Waals surface area contributed by atoms with Gasteiger partial charge in [-0.05, 0) is 25.7 Å². The van der Waals surface area contributed by atoms with Crippen molar-refractivity contribution in [2.45, 2.75) is 57.0 Å². The molecule has 3 fully saturated rings. The van der Waals surface area contributed by atoms with Crippen molar-refractivity contribution in [3.05, 3.63) is 0 Å². The second-order valence-electron chi connectivity index (χ2n) is 5.00. The number of rotatable bonds is 1. The average Bonchev–Trinajstić information content (AvgIpc) is 2.76. The quantitative estimate of drug-likeness (QED) is 0.557. The first-order valence-corrected chi connectivity index (χ1v) is 4.94. The number of hydrogen-bond donors (Lipinski definition) is 0. The minimum atomic E-state index is 0.194. The van der Waals surface area contributed by atoms with Crippen LogP contribution in [-0.4, -0.2) is 23.4 Å². The van der Waals surface area contributed by atoms with Gasteiger partial charge in [-0.1, -0.05) is 13.8 Å². The summed E-state index contributed by atoms with van der Waals surface area (Å²) in [6, 6.07) is 0. The molecule has 0 amide bonds. The molecule has 68 valence electrons. The van der Waals surface area contributed by atoms with E-state index in [0.717, 1.165) is 0 Å². The van der Waals surface area contributed by atoms with E-state index in [9.17, 15) is 0 Å². The Balaban J connectivity index is 1.84. The van der Waals surface area contributed by atoms with Crippen LogP contribution in [0.4, 0.5) is 0 Å². The SMILES string of the molecule is CC(C)[C@@]12CC[C@]3(C)O[C@@H]3[C@@H]1O2. The second kappa shape index (κ2) is 1.73. The molecule has 0 aromatic carbocycles. The van der Waals surface area contributed by atoms with Gasteiger partial charge in [0.05, 0.1) is 11.2 Å². The molecule has 4 atom stereocenters. The Morgan fingerprint density at radius 3 is 2.58 bits per heavy atom. The molecule has 3 aliphatic rings. The zero-order chi connectivity index (χ0) is 8.56. The fraction of sp³-hybridized carbons (Fsp3) is 1.00. The van der Waals surface area contributed by atoms with Crippen molar-refractivity contribution >= 4 is 0 Å². The summed E-state index contributed by atoms with van der Waals surface area (Å²) in [4.78, 5) is 0. The van der Waals surface area contributed by atoms with Crippen molar-refractivity contribution in [1.29, 1.82) is 0 Å². The molecule has 2 aliphatic heterocycles. The third kappa shape index (κ3) is 0.647. The summed E-state index contributed by atoms with van der Waals surface area (Å²) in [5.74, 6) is 0.649. The molecule has 2 heteroatoms. The van der Waals surface area contributed by atoms with Crippen LogP contribution in [0.2, 0.25) is 0 Å². The molecule has 0 radical (unpaired) electrons. The van der Waals surface area contributed by atoms with E-state index in [4.69, 9.17) is 9.47 Å². The fourth-order valence-corrected chi connectivity index (χ4v) is 2.76. The van der Waals surface area contributed by atoms with Crippen molar-refractivity contribution in [2.75, 3.05) is 0 Å². The van der Waals surface area contributed by atoms with Crippen LogP contribution >= 0.6 is 0 Å². The van der Waals surface area contributed by atoms with Crippen LogP contribution in [0.15, 0.2) is 0 Å². The van der Waals surface area contributed by atoms with Crippen LogP contribution in [0.1, 0.15) is 33.6 Å². The number of epoxide rings is 2. The first-order chi connectivity index (χ1) is 5.58. The molecular weight excluding hydrogens is 152 g/mol. The molecule has 3 rings (SSSR count). The van der Waals surface area contributed by atoms with Crippen molar-refractivity contribution in [3.63, 3.8) is 0 Å². The van der Waals surface area contributed by atoms with Crippen molar-refractivity contribution < 1.29 is 9.47 Å². The molecule has 2 heterocycles. The van der Waals surface area contributed by atoms with Crippen LogP contribution in [0, 0.1) is 5.92 Å². The first-order valence-electron chi connectivity index (χ1n) is 4.94. The molecule has 0 unspecified atom stereocenters. The van der Waals surface area contributed by atoms with Crippen LogP contribution in [0.5, 0.6) is 0 Å². The lowest BCUT2D eigenvalue weighted by atomic mass is 9.77. The van der Waals surface area contributed by atoms with Gasteiger partial charge in [-0.3, -0.25) is 0 Å². The maximum atomic E-state index is 5.82. The van der Waals surface area contributed by atoms with Crippen molar-refractivity contribution in [3.8, 4) is 0 Å². The molecule has 0 aromatic rings. The van der Waals surface area contributed by atoms with Crippen LogP contribution in [0.3, 0.4) is 0 Å². The molecule has 0 aromatic heterocycles. The maximum absolute atomic E-state index is 5.82. The van der Waals surface area contributed by atoms with E-state index in [1.165, 1.54) is 12.8 Å². The highest BCUT2D eigenvalue weighted by molar-refractivity contribution is 5.23. The largest absolute Gasteiger partial charge is 0.363 e. The molecule has 0 bridgehead atoms. The Morgan fingerprint density at radius 1 is 1.17 bits per heavy atom. The topological polar surface area (TPSA) is 25.1 Å². The zero-order valence-corrected chi connectivity index (χ0v) is 7.96. The summed E-state index contributed by atoms with van der Waals surface area (Å²) < 4.78 is 11.5. The number of ether oxygens (including phenoxy) is 2. The molecule has 2 saturated heterocycles. The second-order valence-corrected chi connectivity index (χ2v) is 5.00. The Bertz CT molecular complexity index is 238. The predicted molar refractivity (Wildman–Crippen MR) is 45.0 cm³/mol. The van der Waals surface area contributed by atoms with Gasteiger partial charge in [0.15, 0.2) is 0 Å². The predicted octanol–water partition coefficient (Wildman–Crippen LogP) is 1.73. The molecular formula is C10H16O2. The van der Waals surface area contributed by atoms with E-state index in [2.05, 4.69) is 20.8 Å². The van der Waals surface area contributed by atoms with Gasteiger partial charge in [0.25, 0.3) is 0 Å². The molecule has 0 N–H and O–H groups in total. The van der Waals surface area contributed by atoms with Gasteiger partial charge in [-0.2, -0.15) is 0 Å². The van der Waals surface area contributed by atoms with Crippen LogP contribution < -0.4 is 0 Å². The third-order valence-electron chi connectivity index (χ3n) is 3.98. The minimum absolute atomic E-state index is 0.194. The van der Waals surface area contributed by atoms with Gasteiger partial charge >= 0.3 is 0 Å². The van der Waals surface area contributed by atoms with Gasteiger partial charge in [0.2, 0.25) is 0 Å². The number of hydrogen-bond acceptors (Lipinski definition) is 2. The summed E-state index contributed by atoms with van der Waals surface area (Å²) in [6.45, 7) is 6.72. The Morgan fingerprint density at radius 2 is 1.92 bits per heavy atom. The molecule has 0 spiro atoms. The zero-order valence-electron chi connectivity index (χ0n) is 7.96. The standard InChI is InChI=1S/C10H16O2/c1-6(2)10-5-4-9(3)7(11-9)8(10)12-10/h6-8H,4-5H2,1-3H3/t7-,8+,9+,10+/m1/s1. The summed E-state index contributed by atoms with van der Waals surface area (Å²) in [7, 11) is 0. The minimum Gasteiger partial charge on any atom is -0.363 e. The summed E-state index contributed by atoms with van der Waals surface area (Å²) >= 11 is 0. The van der Waals surface area contributed by atoms with E-state index < -0.39 is 0 Å². The van der Waals surface area contributed by atoms with Crippen molar-refractivity contribution in [2.24, 2.45) is 5.92 Å². The smallest absolute Gasteiger partial charge is 0.117 e. The van der Waals surface area contributed by atoms with Crippen LogP contribution in [0.25, 0.3) is 0 Å². The monoisotopic (exact) mass is 168 g/mol. The summed E-state index contributed by atoms with van der Waals surface area (Å²) in [6.07, 6.45) is 3.24. The van der Waals surface area contributed by atoms with Crippen molar-refractivity contribution in [1.82, 2.24) is 0 Å². The van der Waals surface area contributed by atoms with Gasteiger partial charge in [0, 0.05) is 0 Å². The lowest BCUT2D eigenvalue weighted by Crippen LogP contribution is -2.33. The van der Waals surface area contributed by atoms with Gasteiger partial charge < -0.3 is 9.47 Å². The Kier molecular flexibility index (Phi) is 1.06. The average molecular weight is 168 g/mol. The van der Waals surface area contributed by atoms with E-state index in [1.807, 2.05) is 0 Å². The Labute approximate surface area is 73.2 Å².